The molecule has 4 heteroatoms. The zero-order chi connectivity index (χ0) is 18.1. The number of hydrogen-bond donors (Lipinski definition) is 1. The third-order valence-electron chi connectivity index (χ3n) is 4.82. The first-order valence-corrected chi connectivity index (χ1v) is 8.72. The summed E-state index contributed by atoms with van der Waals surface area (Å²) in [5, 5.41) is 9.82. The standard InChI is InChI=1S/C22H21N3O/c1-15-3-4-16(2)19(11-15)13-25-21-12-18(17-7-9-23-10-8-17)5-6-20(21)24-22(25)14-26/h3-12,26H,13-14H2,1-2H3. The number of aliphatic hydroxyl groups is 1. The highest BCUT2D eigenvalue weighted by atomic mass is 16.3. The second-order valence-electron chi connectivity index (χ2n) is 6.64. The number of fused-ring (bicyclic) bond motifs is 1. The van der Waals surface area contributed by atoms with Crippen molar-refractivity contribution in [3.05, 3.63) is 83.4 Å². The molecule has 26 heavy (non-hydrogen) atoms. The van der Waals surface area contributed by atoms with E-state index in [2.05, 4.69) is 58.7 Å². The Bertz CT molecular complexity index is 1070. The van der Waals surface area contributed by atoms with Crippen LogP contribution in [0.5, 0.6) is 0 Å². The molecule has 2 heterocycles. The van der Waals surface area contributed by atoms with Crippen LogP contribution >= 0.6 is 0 Å². The quantitative estimate of drug-likeness (QED) is 0.602. The van der Waals surface area contributed by atoms with Crippen molar-refractivity contribution in [2.45, 2.75) is 27.0 Å². The van der Waals surface area contributed by atoms with Gasteiger partial charge in [0.25, 0.3) is 0 Å². The van der Waals surface area contributed by atoms with Crippen molar-refractivity contribution in [3.63, 3.8) is 0 Å². The molecular weight excluding hydrogens is 322 g/mol. The van der Waals surface area contributed by atoms with E-state index in [9.17, 15) is 5.11 Å². The number of hydrogen-bond acceptors (Lipinski definition) is 3. The molecule has 0 aliphatic rings. The highest BCUT2D eigenvalue weighted by Crippen LogP contribution is 2.26. The van der Waals surface area contributed by atoms with Crippen LogP contribution in [0.15, 0.2) is 60.9 Å². The summed E-state index contributed by atoms with van der Waals surface area (Å²) in [5.74, 6) is 0.688. The van der Waals surface area contributed by atoms with Gasteiger partial charge in [0.15, 0.2) is 0 Å². The second-order valence-corrected chi connectivity index (χ2v) is 6.64. The van der Waals surface area contributed by atoms with E-state index in [0.717, 1.165) is 22.2 Å². The molecule has 130 valence electrons. The second kappa shape index (κ2) is 6.73. The molecule has 0 aliphatic carbocycles. The summed E-state index contributed by atoms with van der Waals surface area (Å²) in [6, 6.07) is 16.7. The average Bonchev–Trinajstić information content (AvgIpc) is 3.02. The van der Waals surface area contributed by atoms with Gasteiger partial charge in [0.2, 0.25) is 0 Å². The van der Waals surface area contributed by atoms with Crippen molar-refractivity contribution in [1.29, 1.82) is 0 Å². The van der Waals surface area contributed by atoms with Crippen molar-refractivity contribution >= 4 is 11.0 Å². The van der Waals surface area contributed by atoms with Crippen LogP contribution in [-0.4, -0.2) is 19.6 Å². The highest BCUT2D eigenvalue weighted by Gasteiger charge is 2.13. The molecule has 4 aromatic rings. The number of aryl methyl sites for hydroxylation is 2. The van der Waals surface area contributed by atoms with Gasteiger partial charge in [0.1, 0.15) is 12.4 Å². The van der Waals surface area contributed by atoms with Gasteiger partial charge in [0, 0.05) is 18.9 Å². The van der Waals surface area contributed by atoms with Crippen LogP contribution in [0.2, 0.25) is 0 Å². The summed E-state index contributed by atoms with van der Waals surface area (Å²) in [7, 11) is 0. The Labute approximate surface area is 152 Å². The number of imidazole rings is 1. The minimum absolute atomic E-state index is 0.0792. The largest absolute Gasteiger partial charge is 0.388 e. The molecule has 1 N–H and O–H groups in total. The maximum Gasteiger partial charge on any atom is 0.136 e. The summed E-state index contributed by atoms with van der Waals surface area (Å²) in [6.45, 7) is 4.84. The van der Waals surface area contributed by atoms with Gasteiger partial charge in [-0.2, -0.15) is 0 Å². The first-order chi connectivity index (χ1) is 12.7. The van der Waals surface area contributed by atoms with Crippen molar-refractivity contribution in [3.8, 4) is 11.1 Å². The third kappa shape index (κ3) is 3.00. The SMILES string of the molecule is Cc1ccc(C)c(Cn2c(CO)nc3ccc(-c4ccncc4)cc32)c1. The van der Waals surface area contributed by atoms with Crippen LogP contribution in [0, 0.1) is 13.8 Å². The molecule has 0 atom stereocenters. The Morgan fingerprint density at radius 2 is 1.73 bits per heavy atom. The maximum absolute atomic E-state index is 9.82. The fourth-order valence-corrected chi connectivity index (χ4v) is 3.33. The Hall–Kier alpha value is -2.98. The van der Waals surface area contributed by atoms with E-state index in [0.29, 0.717) is 12.4 Å². The predicted octanol–water partition coefficient (Wildman–Crippen LogP) is 4.26. The molecule has 4 rings (SSSR count). The molecule has 2 aromatic carbocycles. The molecule has 0 fully saturated rings. The molecule has 0 saturated heterocycles. The van der Waals surface area contributed by atoms with Gasteiger partial charge in [-0.1, -0.05) is 29.8 Å². The normalized spacial score (nSPS) is 11.2. The summed E-state index contributed by atoms with van der Waals surface area (Å²) < 4.78 is 2.11. The lowest BCUT2D eigenvalue weighted by atomic mass is 10.0. The number of rotatable bonds is 4. The lowest BCUT2D eigenvalue weighted by molar-refractivity contribution is 0.267. The minimum atomic E-state index is -0.0792. The van der Waals surface area contributed by atoms with Crippen molar-refractivity contribution in [2.24, 2.45) is 0 Å². The molecule has 0 spiro atoms. The number of aliphatic hydroxyl groups excluding tert-OH is 1. The zero-order valence-electron chi connectivity index (χ0n) is 15.0. The van der Waals surface area contributed by atoms with Gasteiger partial charge in [-0.05, 0) is 60.4 Å². The summed E-state index contributed by atoms with van der Waals surface area (Å²) in [6.07, 6.45) is 3.60. The van der Waals surface area contributed by atoms with Crippen molar-refractivity contribution in [1.82, 2.24) is 14.5 Å². The smallest absolute Gasteiger partial charge is 0.136 e. The van der Waals surface area contributed by atoms with E-state index in [1.807, 2.05) is 18.2 Å². The lowest BCUT2D eigenvalue weighted by Gasteiger charge is -2.12. The monoisotopic (exact) mass is 343 g/mol. The van der Waals surface area contributed by atoms with Gasteiger partial charge in [-0.25, -0.2) is 4.98 Å². The molecule has 4 nitrogen and oxygen atoms in total. The first-order valence-electron chi connectivity index (χ1n) is 8.72. The summed E-state index contributed by atoms with van der Waals surface area (Å²) in [4.78, 5) is 8.71. The third-order valence-corrected chi connectivity index (χ3v) is 4.82. The van der Waals surface area contributed by atoms with E-state index >= 15 is 0 Å². The topological polar surface area (TPSA) is 50.9 Å². The molecule has 0 radical (unpaired) electrons. The number of benzene rings is 2. The fourth-order valence-electron chi connectivity index (χ4n) is 3.33. The van der Waals surface area contributed by atoms with Crippen LogP contribution in [-0.2, 0) is 13.2 Å². The van der Waals surface area contributed by atoms with Crippen LogP contribution < -0.4 is 0 Å². The Balaban J connectivity index is 1.85. The van der Waals surface area contributed by atoms with Gasteiger partial charge < -0.3 is 9.67 Å². The molecule has 0 amide bonds. The van der Waals surface area contributed by atoms with Gasteiger partial charge in [0.05, 0.1) is 11.0 Å². The van der Waals surface area contributed by atoms with Crippen molar-refractivity contribution < 1.29 is 5.11 Å². The average molecular weight is 343 g/mol. The molecule has 2 aromatic heterocycles. The van der Waals surface area contributed by atoms with Gasteiger partial charge in [-0.3, -0.25) is 4.98 Å². The Kier molecular flexibility index (Phi) is 4.27. The van der Waals surface area contributed by atoms with Crippen LogP contribution in [0.1, 0.15) is 22.5 Å². The van der Waals surface area contributed by atoms with E-state index in [1.54, 1.807) is 12.4 Å². The predicted molar refractivity (Wildman–Crippen MR) is 104 cm³/mol. The van der Waals surface area contributed by atoms with Crippen LogP contribution in [0.25, 0.3) is 22.2 Å². The summed E-state index contributed by atoms with van der Waals surface area (Å²) >= 11 is 0. The van der Waals surface area contributed by atoms with Crippen LogP contribution in [0.4, 0.5) is 0 Å². The van der Waals surface area contributed by atoms with E-state index in [1.165, 1.54) is 16.7 Å². The minimum Gasteiger partial charge on any atom is -0.388 e. The summed E-state index contributed by atoms with van der Waals surface area (Å²) in [5.41, 5.74) is 7.89. The lowest BCUT2D eigenvalue weighted by Crippen LogP contribution is -2.06. The Morgan fingerprint density at radius 3 is 2.50 bits per heavy atom. The maximum atomic E-state index is 9.82. The number of pyridine rings is 1. The zero-order valence-corrected chi connectivity index (χ0v) is 15.0. The van der Waals surface area contributed by atoms with E-state index in [-0.39, 0.29) is 6.61 Å². The number of aromatic nitrogens is 3. The fraction of sp³-hybridized carbons (Fsp3) is 0.182. The molecule has 0 saturated carbocycles. The van der Waals surface area contributed by atoms with Gasteiger partial charge in [-0.15, -0.1) is 0 Å². The molecule has 0 aliphatic heterocycles. The van der Waals surface area contributed by atoms with E-state index < -0.39 is 0 Å². The first kappa shape index (κ1) is 16.5. The molecule has 0 unspecified atom stereocenters. The molecular formula is C22H21N3O. The van der Waals surface area contributed by atoms with Gasteiger partial charge >= 0.3 is 0 Å². The number of nitrogens with zero attached hydrogens (tertiary/aromatic N) is 3. The van der Waals surface area contributed by atoms with E-state index in [4.69, 9.17) is 0 Å². The Morgan fingerprint density at radius 1 is 0.923 bits per heavy atom. The highest BCUT2D eigenvalue weighted by molar-refractivity contribution is 5.82. The van der Waals surface area contributed by atoms with Crippen LogP contribution in [0.3, 0.4) is 0 Å². The molecule has 0 bridgehead atoms. The van der Waals surface area contributed by atoms with Crippen molar-refractivity contribution in [2.75, 3.05) is 0 Å².